The van der Waals surface area contributed by atoms with E-state index < -0.39 is 17.7 Å². The maximum Gasteiger partial charge on any atom is 0.379 e. The summed E-state index contributed by atoms with van der Waals surface area (Å²) in [7, 11) is 0. The third-order valence-corrected chi connectivity index (χ3v) is 2.12. The molecule has 0 aliphatic heterocycles. The number of ether oxygens (including phenoxy) is 1. The van der Waals surface area contributed by atoms with Gasteiger partial charge in [-0.2, -0.15) is 0 Å². The first-order valence-corrected chi connectivity index (χ1v) is 5.38. The van der Waals surface area contributed by atoms with Crippen LogP contribution in [0.15, 0.2) is 43.0 Å². The number of ketones is 1. The van der Waals surface area contributed by atoms with Crippen LogP contribution in [-0.4, -0.2) is 29.4 Å². The first kappa shape index (κ1) is 14.4. The van der Waals surface area contributed by atoms with Gasteiger partial charge in [0, 0.05) is 0 Å². The van der Waals surface area contributed by atoms with Crippen molar-refractivity contribution >= 4 is 23.8 Å². The van der Waals surface area contributed by atoms with E-state index in [1.54, 1.807) is 0 Å². The van der Waals surface area contributed by atoms with Gasteiger partial charge in [-0.25, -0.2) is 9.59 Å². The van der Waals surface area contributed by atoms with E-state index in [1.165, 1.54) is 36.4 Å². The second kappa shape index (κ2) is 6.90. The van der Waals surface area contributed by atoms with Crippen LogP contribution in [0.3, 0.4) is 0 Å². The second-order valence-corrected chi connectivity index (χ2v) is 3.51. The number of hydrogen-bond acceptors (Lipinski definition) is 4. The molecule has 1 N–H and O–H groups in total. The van der Waals surface area contributed by atoms with Crippen LogP contribution in [0.1, 0.15) is 15.9 Å². The molecule has 0 aliphatic carbocycles. The van der Waals surface area contributed by atoms with Gasteiger partial charge in [0.05, 0.1) is 5.56 Å². The molecular weight excluding hydrogens is 248 g/mol. The molecule has 0 saturated heterocycles. The van der Waals surface area contributed by atoms with Crippen LogP contribution in [0.25, 0.3) is 6.08 Å². The van der Waals surface area contributed by atoms with Gasteiger partial charge in [0.1, 0.15) is 6.61 Å². The van der Waals surface area contributed by atoms with Crippen molar-refractivity contribution < 1.29 is 24.2 Å². The van der Waals surface area contributed by atoms with Crippen LogP contribution in [0, 0.1) is 0 Å². The molecule has 0 amide bonds. The van der Waals surface area contributed by atoms with Gasteiger partial charge in [0.25, 0.3) is 5.78 Å². The van der Waals surface area contributed by atoms with Crippen LogP contribution >= 0.6 is 0 Å². The summed E-state index contributed by atoms with van der Waals surface area (Å²) in [4.78, 5) is 33.1. The number of carboxylic acids is 1. The molecule has 0 unspecified atom stereocenters. The zero-order valence-corrected chi connectivity index (χ0v) is 10.0. The second-order valence-electron chi connectivity index (χ2n) is 3.51. The highest BCUT2D eigenvalue weighted by Gasteiger charge is 2.10. The summed E-state index contributed by atoms with van der Waals surface area (Å²) in [5.74, 6) is -2.78. The fourth-order valence-corrected chi connectivity index (χ4v) is 1.18. The average Bonchev–Trinajstić information content (AvgIpc) is 2.42. The maximum atomic E-state index is 11.3. The Kier molecular flexibility index (Phi) is 5.22. The number of esters is 1. The highest BCUT2D eigenvalue weighted by molar-refractivity contribution is 6.39. The minimum Gasteiger partial charge on any atom is -0.478 e. The van der Waals surface area contributed by atoms with E-state index in [-0.39, 0.29) is 12.2 Å². The molecule has 1 aromatic carbocycles. The molecule has 1 aromatic rings. The maximum absolute atomic E-state index is 11.3. The molecule has 0 bridgehead atoms. The average molecular weight is 260 g/mol. The summed E-state index contributed by atoms with van der Waals surface area (Å²) in [5.41, 5.74) is 0.753. The minimum absolute atomic E-state index is 0.0221. The van der Waals surface area contributed by atoms with E-state index >= 15 is 0 Å². The van der Waals surface area contributed by atoms with Gasteiger partial charge < -0.3 is 9.84 Å². The summed E-state index contributed by atoms with van der Waals surface area (Å²) < 4.78 is 4.56. The summed E-state index contributed by atoms with van der Waals surface area (Å²) in [6, 6.07) is 5.87. The SMILES string of the molecule is C=CCOC(=O)C(=O)/C=C/c1ccc(C(=O)O)cc1. The molecule has 98 valence electrons. The number of carbonyl (C=O) groups is 3. The smallest absolute Gasteiger partial charge is 0.379 e. The zero-order chi connectivity index (χ0) is 14.3. The lowest BCUT2D eigenvalue weighted by Crippen LogP contribution is -2.14. The lowest BCUT2D eigenvalue weighted by molar-refractivity contribution is -0.150. The lowest BCUT2D eigenvalue weighted by atomic mass is 10.1. The lowest BCUT2D eigenvalue weighted by Gasteiger charge is -1.97. The van der Waals surface area contributed by atoms with E-state index in [4.69, 9.17) is 5.11 Å². The normalized spacial score (nSPS) is 10.1. The largest absolute Gasteiger partial charge is 0.478 e. The van der Waals surface area contributed by atoms with Crippen LogP contribution in [0.5, 0.6) is 0 Å². The third-order valence-electron chi connectivity index (χ3n) is 2.12. The molecule has 5 nitrogen and oxygen atoms in total. The fourth-order valence-electron chi connectivity index (χ4n) is 1.18. The fraction of sp³-hybridized carbons (Fsp3) is 0.0714. The molecule has 5 heteroatoms. The Labute approximate surface area is 109 Å². The first-order chi connectivity index (χ1) is 9.04. The van der Waals surface area contributed by atoms with Crippen molar-refractivity contribution in [1.29, 1.82) is 0 Å². The molecule has 19 heavy (non-hydrogen) atoms. The first-order valence-electron chi connectivity index (χ1n) is 5.38. The Balaban J connectivity index is 2.65. The number of carboxylic acid groups (broad SMARTS) is 1. The highest BCUT2D eigenvalue weighted by Crippen LogP contribution is 2.06. The predicted octanol–water partition coefficient (Wildman–Crippen LogP) is 1.70. The Hall–Kier alpha value is -2.69. The Morgan fingerprint density at radius 1 is 1.21 bits per heavy atom. The van der Waals surface area contributed by atoms with Gasteiger partial charge in [-0.3, -0.25) is 4.79 Å². The number of hydrogen-bond donors (Lipinski definition) is 1. The van der Waals surface area contributed by atoms with Crippen molar-refractivity contribution in [1.82, 2.24) is 0 Å². The molecule has 0 heterocycles. The van der Waals surface area contributed by atoms with E-state index in [0.29, 0.717) is 5.56 Å². The van der Waals surface area contributed by atoms with Crippen LogP contribution < -0.4 is 0 Å². The van der Waals surface area contributed by atoms with Crippen molar-refractivity contribution in [2.75, 3.05) is 6.61 Å². The number of aromatic carboxylic acids is 1. The molecule has 0 aromatic heterocycles. The third kappa shape index (κ3) is 4.59. The van der Waals surface area contributed by atoms with Crippen LogP contribution in [0.4, 0.5) is 0 Å². The Morgan fingerprint density at radius 2 is 1.84 bits per heavy atom. The highest BCUT2D eigenvalue weighted by atomic mass is 16.5. The monoisotopic (exact) mass is 260 g/mol. The van der Waals surface area contributed by atoms with E-state index in [1.807, 2.05) is 0 Å². The molecule has 0 atom stereocenters. The van der Waals surface area contributed by atoms with Crippen LogP contribution in [0.2, 0.25) is 0 Å². The molecule has 0 radical (unpaired) electrons. The number of carbonyl (C=O) groups excluding carboxylic acids is 2. The Bertz CT molecular complexity index is 525. The van der Waals surface area contributed by atoms with Gasteiger partial charge in [-0.15, -0.1) is 0 Å². The van der Waals surface area contributed by atoms with Gasteiger partial charge in [-0.1, -0.05) is 30.9 Å². The summed E-state index contributed by atoms with van der Waals surface area (Å²) in [6.07, 6.45) is 3.84. The van der Waals surface area contributed by atoms with Gasteiger partial charge in [-0.05, 0) is 23.8 Å². The standard InChI is InChI=1S/C14H12O5/c1-2-9-19-14(18)12(15)8-5-10-3-6-11(7-4-10)13(16)17/h2-8H,1,9H2,(H,16,17)/b8-5+. The minimum atomic E-state index is -1.03. The summed E-state index contributed by atoms with van der Waals surface area (Å²) in [5, 5.41) is 8.71. The van der Waals surface area contributed by atoms with E-state index in [0.717, 1.165) is 6.08 Å². The number of benzene rings is 1. The molecule has 1 rings (SSSR count). The molecular formula is C14H12O5. The Morgan fingerprint density at radius 3 is 2.37 bits per heavy atom. The molecule has 0 spiro atoms. The predicted molar refractivity (Wildman–Crippen MR) is 68.6 cm³/mol. The van der Waals surface area contributed by atoms with E-state index in [2.05, 4.69) is 11.3 Å². The van der Waals surface area contributed by atoms with Gasteiger partial charge in [0.2, 0.25) is 0 Å². The summed E-state index contributed by atoms with van der Waals surface area (Å²) >= 11 is 0. The quantitative estimate of drug-likeness (QED) is 0.364. The molecule has 0 fully saturated rings. The molecule has 0 aliphatic rings. The molecule has 0 saturated carbocycles. The van der Waals surface area contributed by atoms with Gasteiger partial charge >= 0.3 is 11.9 Å². The van der Waals surface area contributed by atoms with Crippen LogP contribution in [-0.2, 0) is 14.3 Å². The van der Waals surface area contributed by atoms with Crippen molar-refractivity contribution in [2.24, 2.45) is 0 Å². The van der Waals surface area contributed by atoms with Crippen molar-refractivity contribution in [3.8, 4) is 0 Å². The van der Waals surface area contributed by atoms with Crippen molar-refractivity contribution in [2.45, 2.75) is 0 Å². The number of rotatable bonds is 6. The topological polar surface area (TPSA) is 80.7 Å². The van der Waals surface area contributed by atoms with Gasteiger partial charge in [0.15, 0.2) is 0 Å². The van der Waals surface area contributed by atoms with Crippen molar-refractivity contribution in [3.05, 3.63) is 54.1 Å². The van der Waals surface area contributed by atoms with Crippen molar-refractivity contribution in [3.63, 3.8) is 0 Å². The van der Waals surface area contributed by atoms with E-state index in [9.17, 15) is 14.4 Å². The zero-order valence-electron chi connectivity index (χ0n) is 10.0. The summed E-state index contributed by atoms with van der Waals surface area (Å²) in [6.45, 7) is 3.33.